The summed E-state index contributed by atoms with van der Waals surface area (Å²) in [5.41, 5.74) is 5.24. The minimum Gasteiger partial charge on any atom is -0.454 e. The minimum absolute atomic E-state index is 0.214. The van der Waals surface area contributed by atoms with E-state index in [9.17, 15) is 24.0 Å². The van der Waals surface area contributed by atoms with Crippen LogP contribution in [-0.4, -0.2) is 47.1 Å². The van der Waals surface area contributed by atoms with E-state index in [-0.39, 0.29) is 29.6 Å². The van der Waals surface area contributed by atoms with Crippen molar-refractivity contribution in [2.45, 2.75) is 38.6 Å². The SMILES string of the molecule is CC(=O)Nc1ccc(NC(=O)COC(=O)[C@H](C(C)C)N2C(=O)[C@@H]3C4c5ccccc5C(c5ccccc54)[C@@H]3C2=O)cc1. The number of nitrogens with zero attached hydrogens (tertiary/aromatic N) is 1. The van der Waals surface area contributed by atoms with Crippen LogP contribution >= 0.6 is 0 Å². The molecule has 7 rings (SSSR count). The maximum absolute atomic E-state index is 14.1. The van der Waals surface area contributed by atoms with Gasteiger partial charge in [-0.2, -0.15) is 0 Å². The van der Waals surface area contributed by atoms with Crippen molar-refractivity contribution < 1.29 is 28.7 Å². The predicted molar refractivity (Wildman–Crippen MR) is 154 cm³/mol. The van der Waals surface area contributed by atoms with Crippen molar-refractivity contribution in [1.29, 1.82) is 0 Å². The summed E-state index contributed by atoms with van der Waals surface area (Å²) < 4.78 is 5.38. The van der Waals surface area contributed by atoms with Crippen LogP contribution in [0.1, 0.15) is 54.9 Å². The summed E-state index contributed by atoms with van der Waals surface area (Å²) in [5.74, 6) is -4.53. The number of amides is 4. The zero-order valence-corrected chi connectivity index (χ0v) is 23.5. The van der Waals surface area contributed by atoms with Crippen molar-refractivity contribution in [3.63, 3.8) is 0 Å². The van der Waals surface area contributed by atoms with E-state index in [2.05, 4.69) is 10.6 Å². The quantitative estimate of drug-likeness (QED) is 0.329. The molecule has 3 aromatic rings. The number of esters is 1. The molecule has 2 N–H and O–H groups in total. The molecule has 4 amide bonds. The average Bonchev–Trinajstić information content (AvgIpc) is 3.23. The fourth-order valence-electron chi connectivity index (χ4n) is 6.91. The number of benzene rings is 3. The topological polar surface area (TPSA) is 122 Å². The maximum atomic E-state index is 14.1. The third-order valence-electron chi connectivity index (χ3n) is 8.47. The minimum atomic E-state index is -1.16. The molecule has 4 aliphatic rings. The number of nitrogens with one attached hydrogen (secondary N) is 2. The van der Waals surface area contributed by atoms with Crippen LogP contribution in [0, 0.1) is 17.8 Å². The summed E-state index contributed by atoms with van der Waals surface area (Å²) in [6.45, 7) is 4.32. The van der Waals surface area contributed by atoms with Crippen LogP contribution in [0.3, 0.4) is 0 Å². The van der Waals surface area contributed by atoms with Gasteiger partial charge in [-0.3, -0.25) is 24.1 Å². The number of carbonyl (C=O) groups is 5. The van der Waals surface area contributed by atoms with E-state index in [1.807, 2.05) is 48.5 Å². The molecule has 214 valence electrons. The molecule has 0 spiro atoms. The highest BCUT2D eigenvalue weighted by molar-refractivity contribution is 6.10. The highest BCUT2D eigenvalue weighted by Gasteiger charge is 2.63. The number of anilines is 2. The van der Waals surface area contributed by atoms with E-state index in [4.69, 9.17) is 4.74 Å². The lowest BCUT2D eigenvalue weighted by molar-refractivity contribution is -0.162. The van der Waals surface area contributed by atoms with Gasteiger partial charge < -0.3 is 15.4 Å². The zero-order chi connectivity index (χ0) is 29.7. The second-order valence-corrected chi connectivity index (χ2v) is 11.4. The Labute approximate surface area is 243 Å². The molecule has 42 heavy (non-hydrogen) atoms. The summed E-state index contributed by atoms with van der Waals surface area (Å²) in [6, 6.07) is 21.2. The van der Waals surface area contributed by atoms with Gasteiger partial charge >= 0.3 is 5.97 Å². The van der Waals surface area contributed by atoms with Gasteiger partial charge in [0.2, 0.25) is 17.7 Å². The molecule has 1 fully saturated rings. The molecule has 0 unspecified atom stereocenters. The molecule has 3 aromatic carbocycles. The Hall–Kier alpha value is -4.79. The highest BCUT2D eigenvalue weighted by atomic mass is 16.5. The second-order valence-electron chi connectivity index (χ2n) is 11.4. The second kappa shape index (κ2) is 10.6. The largest absolute Gasteiger partial charge is 0.454 e. The Morgan fingerprint density at radius 3 is 1.57 bits per heavy atom. The molecular formula is C33H31N3O6. The third kappa shape index (κ3) is 4.45. The number of rotatable bonds is 7. The third-order valence-corrected chi connectivity index (χ3v) is 8.47. The molecule has 1 aliphatic heterocycles. The number of likely N-dealkylation sites (tertiary alicyclic amines) is 1. The van der Waals surface area contributed by atoms with Crippen LogP contribution in [0.4, 0.5) is 11.4 Å². The number of hydrogen-bond donors (Lipinski definition) is 2. The number of ether oxygens (including phenoxy) is 1. The first kappa shape index (κ1) is 27.4. The summed E-state index contributed by atoms with van der Waals surface area (Å²) in [6.07, 6.45) is 0. The van der Waals surface area contributed by atoms with E-state index in [1.54, 1.807) is 38.1 Å². The van der Waals surface area contributed by atoms with Crippen LogP contribution in [0.2, 0.25) is 0 Å². The molecule has 0 aromatic heterocycles. The summed E-state index contributed by atoms with van der Waals surface area (Å²) >= 11 is 0. The molecule has 9 heteroatoms. The Kier molecular flexibility index (Phi) is 6.88. The van der Waals surface area contributed by atoms with Crippen LogP contribution in [-0.2, 0) is 28.7 Å². The molecule has 1 heterocycles. The molecule has 3 atom stereocenters. The fraction of sp³-hybridized carbons (Fsp3) is 0.303. The van der Waals surface area contributed by atoms with Crippen LogP contribution in [0.25, 0.3) is 0 Å². The Morgan fingerprint density at radius 1 is 0.738 bits per heavy atom. The van der Waals surface area contributed by atoms with Crippen LogP contribution in [0.5, 0.6) is 0 Å². The normalized spacial score (nSPS) is 22.2. The van der Waals surface area contributed by atoms with E-state index in [0.29, 0.717) is 11.4 Å². The van der Waals surface area contributed by atoms with Gasteiger partial charge in [-0.15, -0.1) is 0 Å². The fourth-order valence-corrected chi connectivity index (χ4v) is 6.91. The molecule has 1 saturated heterocycles. The van der Waals surface area contributed by atoms with Gasteiger partial charge in [0.15, 0.2) is 6.61 Å². The van der Waals surface area contributed by atoms with Crippen molar-refractivity contribution in [3.8, 4) is 0 Å². The van der Waals surface area contributed by atoms with Crippen LogP contribution < -0.4 is 10.6 Å². The monoisotopic (exact) mass is 565 g/mol. The smallest absolute Gasteiger partial charge is 0.330 e. The number of carbonyl (C=O) groups excluding carboxylic acids is 5. The first-order chi connectivity index (χ1) is 20.2. The number of imide groups is 1. The lowest BCUT2D eigenvalue weighted by Crippen LogP contribution is -2.49. The Bertz CT molecular complexity index is 1500. The van der Waals surface area contributed by atoms with Gasteiger partial charge in [0, 0.05) is 30.1 Å². The predicted octanol–water partition coefficient (Wildman–Crippen LogP) is 4.04. The summed E-state index contributed by atoms with van der Waals surface area (Å²) in [5, 5.41) is 5.28. The maximum Gasteiger partial charge on any atom is 0.330 e. The Balaban J connectivity index is 1.20. The highest BCUT2D eigenvalue weighted by Crippen LogP contribution is 2.61. The Morgan fingerprint density at radius 2 is 1.17 bits per heavy atom. The van der Waals surface area contributed by atoms with E-state index in [0.717, 1.165) is 27.2 Å². The lowest BCUT2D eigenvalue weighted by Gasteiger charge is -2.45. The average molecular weight is 566 g/mol. The van der Waals surface area contributed by atoms with E-state index < -0.39 is 42.3 Å². The van der Waals surface area contributed by atoms with Gasteiger partial charge in [0.1, 0.15) is 6.04 Å². The molecule has 0 radical (unpaired) electrons. The van der Waals surface area contributed by atoms with Gasteiger partial charge in [-0.05, 0) is 52.4 Å². The molecule has 9 nitrogen and oxygen atoms in total. The summed E-state index contributed by atoms with van der Waals surface area (Å²) in [4.78, 5) is 66.4. The van der Waals surface area contributed by atoms with Crippen molar-refractivity contribution in [2.24, 2.45) is 17.8 Å². The standard InChI is InChI=1S/C33H31N3O6/c1-17(2)30(33(41)42-16-25(38)35-20-14-12-19(13-15-20)34-18(3)37)36-31(39)28-26-21-8-4-5-9-22(21)27(29(28)32(36)40)24-11-7-6-10-23(24)26/h4-15,17,26-30H,16H2,1-3H3,(H,34,37)(H,35,38)/t26?,27?,28-,29+,30-/m0/s1. The van der Waals surface area contributed by atoms with Crippen molar-refractivity contribution in [2.75, 3.05) is 17.2 Å². The number of hydrogen-bond acceptors (Lipinski definition) is 6. The van der Waals surface area contributed by atoms with Crippen LogP contribution in [0.15, 0.2) is 72.8 Å². The first-order valence-electron chi connectivity index (χ1n) is 14.1. The first-order valence-corrected chi connectivity index (χ1v) is 14.1. The molecule has 0 saturated carbocycles. The van der Waals surface area contributed by atoms with E-state index in [1.165, 1.54) is 6.92 Å². The molecular weight excluding hydrogens is 534 g/mol. The van der Waals surface area contributed by atoms with E-state index >= 15 is 0 Å². The van der Waals surface area contributed by atoms with Crippen molar-refractivity contribution in [1.82, 2.24) is 4.90 Å². The van der Waals surface area contributed by atoms with Gasteiger partial charge in [0.05, 0.1) is 11.8 Å². The zero-order valence-electron chi connectivity index (χ0n) is 23.5. The van der Waals surface area contributed by atoms with Gasteiger partial charge in [-0.1, -0.05) is 62.4 Å². The van der Waals surface area contributed by atoms with Crippen molar-refractivity contribution in [3.05, 3.63) is 95.1 Å². The molecule has 2 bridgehead atoms. The van der Waals surface area contributed by atoms with Crippen molar-refractivity contribution >= 4 is 41.0 Å². The summed E-state index contributed by atoms with van der Waals surface area (Å²) in [7, 11) is 0. The molecule has 3 aliphatic carbocycles. The van der Waals surface area contributed by atoms with Gasteiger partial charge in [0.25, 0.3) is 5.91 Å². The lowest BCUT2D eigenvalue weighted by atomic mass is 9.55. The van der Waals surface area contributed by atoms with Gasteiger partial charge in [-0.25, -0.2) is 4.79 Å².